The highest BCUT2D eigenvalue weighted by atomic mass is 28.5. The van der Waals surface area contributed by atoms with Gasteiger partial charge in [-0.2, -0.15) is 0 Å². The van der Waals surface area contributed by atoms with E-state index in [2.05, 4.69) is 57.7 Å². The Labute approximate surface area is 183 Å². The molecule has 0 rings (SSSR count). The molecule has 0 saturated heterocycles. The monoisotopic (exact) mass is 476 g/mol. The molecule has 0 fully saturated rings. The summed E-state index contributed by atoms with van der Waals surface area (Å²) in [5, 5.41) is 3.32. The van der Waals surface area contributed by atoms with Gasteiger partial charge in [-0.15, -0.1) is 0 Å². The van der Waals surface area contributed by atoms with Gasteiger partial charge in [0.2, 0.25) is 0 Å². The molecule has 28 heavy (non-hydrogen) atoms. The SMILES string of the molecule is C.C.C.C.CO[Si](CCCNCCN)(O[Si](C)(C)C)O[Si](C)(C)O[Si](C)(C)C. The van der Waals surface area contributed by atoms with Crippen LogP contribution in [0.1, 0.15) is 36.1 Å². The molecule has 0 amide bonds. The zero-order chi connectivity index (χ0) is 19.1. The summed E-state index contributed by atoms with van der Waals surface area (Å²) in [5.74, 6) is 0. The van der Waals surface area contributed by atoms with Crippen LogP contribution >= 0.6 is 0 Å². The van der Waals surface area contributed by atoms with Crippen LogP contribution in [0.4, 0.5) is 0 Å². The molecule has 0 saturated carbocycles. The van der Waals surface area contributed by atoms with Crippen molar-refractivity contribution in [3.05, 3.63) is 0 Å². The predicted octanol–water partition coefficient (Wildman–Crippen LogP) is 5.48. The first-order chi connectivity index (χ1) is 10.7. The molecule has 0 aromatic heterocycles. The summed E-state index contributed by atoms with van der Waals surface area (Å²) in [5.41, 5.74) is 5.52. The Morgan fingerprint density at radius 2 is 1.18 bits per heavy atom. The van der Waals surface area contributed by atoms with E-state index in [-0.39, 0.29) is 29.7 Å². The molecule has 3 N–H and O–H groups in total. The fourth-order valence-electron chi connectivity index (χ4n) is 2.56. The molecule has 0 spiro atoms. The van der Waals surface area contributed by atoms with Crippen LogP contribution in [-0.2, 0) is 16.8 Å². The summed E-state index contributed by atoms with van der Waals surface area (Å²) in [6.45, 7) is 19.7. The quantitative estimate of drug-likeness (QED) is 0.271. The first kappa shape index (κ1) is 39.1. The molecule has 0 aromatic rings. The average molecular weight is 477 g/mol. The smallest absolute Gasteiger partial charge is 0.437 e. The molecule has 0 aromatic carbocycles. The van der Waals surface area contributed by atoms with Crippen molar-refractivity contribution >= 4 is 34.0 Å². The minimum atomic E-state index is -2.75. The van der Waals surface area contributed by atoms with Gasteiger partial charge >= 0.3 is 17.4 Å². The lowest BCUT2D eigenvalue weighted by Gasteiger charge is -2.41. The molecule has 1 unspecified atom stereocenters. The summed E-state index contributed by atoms with van der Waals surface area (Å²) in [6.07, 6.45) is 0.946. The molecule has 0 aliphatic rings. The van der Waals surface area contributed by atoms with E-state index in [1.807, 2.05) is 0 Å². The Morgan fingerprint density at radius 3 is 1.54 bits per heavy atom. The maximum Gasteiger partial charge on any atom is 0.481 e. The molecule has 1 atom stereocenters. The molecule has 0 aliphatic carbocycles. The number of hydrogen-bond donors (Lipinski definition) is 2. The van der Waals surface area contributed by atoms with Gasteiger partial charge < -0.3 is 27.8 Å². The van der Waals surface area contributed by atoms with Gasteiger partial charge in [-0.3, -0.25) is 0 Å². The molecule has 0 heterocycles. The third kappa shape index (κ3) is 19.9. The van der Waals surface area contributed by atoms with E-state index in [0.717, 1.165) is 25.6 Å². The van der Waals surface area contributed by atoms with Crippen molar-refractivity contribution in [2.45, 2.75) is 94.5 Å². The molecule has 0 radical (unpaired) electrons. The van der Waals surface area contributed by atoms with E-state index >= 15 is 0 Å². The van der Waals surface area contributed by atoms with Crippen molar-refractivity contribution in [3.63, 3.8) is 0 Å². The number of nitrogens with two attached hydrogens (primary N) is 1. The van der Waals surface area contributed by atoms with E-state index in [9.17, 15) is 0 Å². The van der Waals surface area contributed by atoms with Crippen LogP contribution in [0.25, 0.3) is 0 Å². The maximum absolute atomic E-state index is 6.56. The summed E-state index contributed by atoms with van der Waals surface area (Å²) in [7, 11) is -6.82. The van der Waals surface area contributed by atoms with E-state index < -0.39 is 34.0 Å². The molecular weight excluding hydrogens is 421 g/mol. The van der Waals surface area contributed by atoms with Crippen molar-refractivity contribution in [1.82, 2.24) is 5.32 Å². The molecule has 10 heteroatoms. The minimum absolute atomic E-state index is 0. The number of rotatable bonds is 13. The van der Waals surface area contributed by atoms with Gasteiger partial charge in [0.25, 0.3) is 0 Å². The second-order valence-electron chi connectivity index (χ2n) is 8.46. The van der Waals surface area contributed by atoms with Crippen LogP contribution in [0.2, 0.25) is 58.4 Å². The fourth-order valence-corrected chi connectivity index (χ4v) is 18.6. The van der Waals surface area contributed by atoms with Crippen LogP contribution in [0.3, 0.4) is 0 Å². The van der Waals surface area contributed by atoms with Crippen LogP contribution < -0.4 is 11.1 Å². The third-order valence-corrected chi connectivity index (χ3v) is 15.8. The lowest BCUT2D eigenvalue weighted by molar-refractivity contribution is 0.181. The van der Waals surface area contributed by atoms with Gasteiger partial charge in [0.05, 0.1) is 0 Å². The highest BCUT2D eigenvalue weighted by molar-refractivity contribution is 6.88. The van der Waals surface area contributed by atoms with Crippen molar-refractivity contribution in [3.8, 4) is 0 Å². The van der Waals surface area contributed by atoms with Gasteiger partial charge in [0, 0.05) is 26.2 Å². The number of hydrogen-bond acceptors (Lipinski definition) is 6. The molecule has 6 nitrogen and oxygen atoms in total. The number of nitrogens with one attached hydrogen (secondary N) is 1. The lowest BCUT2D eigenvalue weighted by atomic mass is 10.5. The predicted molar refractivity (Wildman–Crippen MR) is 138 cm³/mol. The second-order valence-corrected chi connectivity index (χ2v) is 24.4. The Hall–Kier alpha value is 0.628. The van der Waals surface area contributed by atoms with E-state index in [0.29, 0.717) is 6.54 Å². The standard InChI is InChI=1S/C14H40N2O4Si4.4CH4/c1-17-24(19-22(5,6)7,14-10-12-16-13-11-15)20-23(8,9)18-21(2,3)4;;;;/h16H,10-15H2,1-9H3;4*1H4. The van der Waals surface area contributed by atoms with Crippen LogP contribution in [0.15, 0.2) is 0 Å². The minimum Gasteiger partial charge on any atom is -0.437 e. The average Bonchev–Trinajstić information content (AvgIpc) is 2.32. The Kier molecular flexibility index (Phi) is 22.8. The van der Waals surface area contributed by atoms with Crippen molar-refractivity contribution in [2.75, 3.05) is 26.7 Å². The van der Waals surface area contributed by atoms with Gasteiger partial charge in [-0.1, -0.05) is 29.7 Å². The van der Waals surface area contributed by atoms with Gasteiger partial charge in [0.1, 0.15) is 0 Å². The van der Waals surface area contributed by atoms with Gasteiger partial charge in [0.15, 0.2) is 16.6 Å². The summed E-state index contributed by atoms with van der Waals surface area (Å²) in [6, 6.07) is 0.802. The first-order valence-electron chi connectivity index (χ1n) is 8.81. The van der Waals surface area contributed by atoms with Crippen LogP contribution in [0.5, 0.6) is 0 Å². The molecule has 0 bridgehead atoms. The third-order valence-electron chi connectivity index (χ3n) is 2.88. The van der Waals surface area contributed by atoms with Crippen LogP contribution in [0, 0.1) is 0 Å². The topological polar surface area (TPSA) is 75.0 Å². The summed E-state index contributed by atoms with van der Waals surface area (Å²) < 4.78 is 25.3. The fraction of sp³-hybridized carbons (Fsp3) is 1.00. The molecular formula is C18H56N2O4Si4. The zero-order valence-electron chi connectivity index (χ0n) is 17.2. The first-order valence-corrected chi connectivity index (χ1v) is 20.4. The van der Waals surface area contributed by atoms with Crippen molar-refractivity contribution < 1.29 is 16.8 Å². The van der Waals surface area contributed by atoms with E-state index in [4.69, 9.17) is 22.5 Å². The Morgan fingerprint density at radius 1 is 0.714 bits per heavy atom. The normalized spacial score (nSPS) is 13.9. The Balaban J connectivity index is -0.000000441. The Bertz CT molecular complexity index is 364. The maximum atomic E-state index is 6.56. The highest BCUT2D eigenvalue weighted by Gasteiger charge is 2.49. The van der Waals surface area contributed by atoms with E-state index in [1.165, 1.54) is 0 Å². The lowest BCUT2D eigenvalue weighted by Crippen LogP contribution is -2.59. The zero-order valence-corrected chi connectivity index (χ0v) is 21.2. The second kappa shape index (κ2) is 16.3. The summed E-state index contributed by atoms with van der Waals surface area (Å²) >= 11 is 0. The van der Waals surface area contributed by atoms with Gasteiger partial charge in [-0.05, 0) is 65.3 Å². The van der Waals surface area contributed by atoms with E-state index in [1.54, 1.807) is 7.11 Å². The summed E-state index contributed by atoms with van der Waals surface area (Å²) in [4.78, 5) is 0. The van der Waals surface area contributed by atoms with Crippen LogP contribution in [-0.4, -0.2) is 60.7 Å². The molecule has 0 aliphatic heterocycles. The van der Waals surface area contributed by atoms with Crippen molar-refractivity contribution in [2.24, 2.45) is 5.73 Å². The van der Waals surface area contributed by atoms with Gasteiger partial charge in [-0.25, -0.2) is 0 Å². The highest BCUT2D eigenvalue weighted by Crippen LogP contribution is 2.28. The molecule has 178 valence electrons. The van der Waals surface area contributed by atoms with Crippen molar-refractivity contribution in [1.29, 1.82) is 0 Å². The largest absolute Gasteiger partial charge is 0.481 e.